The Morgan fingerprint density at radius 2 is 1.83 bits per heavy atom. The van der Waals surface area contributed by atoms with Crippen molar-refractivity contribution in [3.8, 4) is 5.75 Å². The first kappa shape index (κ1) is 17.7. The summed E-state index contributed by atoms with van der Waals surface area (Å²) in [6, 6.07) is 15.2. The second kappa shape index (κ2) is 6.59. The van der Waals surface area contributed by atoms with Crippen LogP contribution in [-0.2, 0) is 11.5 Å². The fourth-order valence-electron chi connectivity index (χ4n) is 3.71. The minimum absolute atomic E-state index is 0.158. The molecule has 0 saturated carbocycles. The Morgan fingerprint density at radius 1 is 1.07 bits per heavy atom. The number of rotatable bonds is 2. The zero-order chi connectivity index (χ0) is 20.1. The molecule has 146 valence electrons. The highest BCUT2D eigenvalue weighted by molar-refractivity contribution is 7.07. The number of aromatic nitrogens is 1. The number of benzene rings is 2. The van der Waals surface area contributed by atoms with Gasteiger partial charge in [-0.2, -0.15) is 0 Å². The van der Waals surface area contributed by atoms with E-state index in [0.717, 1.165) is 22.7 Å². The van der Waals surface area contributed by atoms with Gasteiger partial charge >= 0.3 is 0 Å². The number of hydrogen-bond acceptors (Lipinski definition) is 6. The van der Waals surface area contributed by atoms with Gasteiger partial charge in [-0.25, -0.2) is 4.99 Å². The van der Waals surface area contributed by atoms with Crippen molar-refractivity contribution in [1.29, 1.82) is 0 Å². The van der Waals surface area contributed by atoms with Crippen LogP contribution in [0.3, 0.4) is 0 Å². The number of carbonyl (C=O) groups excluding carboxylic acids is 1. The predicted molar refractivity (Wildman–Crippen MR) is 112 cm³/mol. The topological polar surface area (TPSA) is 67.1 Å². The van der Waals surface area contributed by atoms with Crippen molar-refractivity contribution in [3.05, 3.63) is 73.8 Å². The van der Waals surface area contributed by atoms with Crippen LogP contribution in [0, 0.1) is 0 Å². The molecular formula is C21H18N4O3S. The molecule has 0 fully saturated rings. The van der Waals surface area contributed by atoms with Crippen LogP contribution in [0.4, 0.5) is 11.4 Å². The van der Waals surface area contributed by atoms with E-state index in [1.807, 2.05) is 53.4 Å². The quantitative estimate of drug-likeness (QED) is 0.640. The van der Waals surface area contributed by atoms with Gasteiger partial charge in [-0.1, -0.05) is 29.5 Å². The Labute approximate surface area is 170 Å². The molecule has 29 heavy (non-hydrogen) atoms. The highest BCUT2D eigenvalue weighted by Gasteiger charge is 2.32. The number of likely N-dealkylation sites (N-methyl/N-ethyl adjacent to an activating group) is 1. The van der Waals surface area contributed by atoms with Gasteiger partial charge in [0, 0.05) is 18.3 Å². The Kier molecular flexibility index (Phi) is 4.02. The highest BCUT2D eigenvalue weighted by Crippen LogP contribution is 2.33. The molecule has 2 aliphatic rings. The smallest absolute Gasteiger partial charge is 0.272 e. The molecule has 0 N–H and O–H groups in total. The molecule has 2 aliphatic heterocycles. The predicted octanol–water partition coefficient (Wildman–Crippen LogP) is 1.15. The second-order valence-corrected chi connectivity index (χ2v) is 7.86. The van der Waals surface area contributed by atoms with Gasteiger partial charge < -0.3 is 14.5 Å². The lowest BCUT2D eigenvalue weighted by atomic mass is 10.1. The molecule has 0 unspecified atom stereocenters. The summed E-state index contributed by atoms with van der Waals surface area (Å²) in [6.45, 7) is 0.838. The Hall–Kier alpha value is -3.39. The van der Waals surface area contributed by atoms with Gasteiger partial charge in [-0.05, 0) is 30.3 Å². The van der Waals surface area contributed by atoms with Crippen LogP contribution in [0.15, 0.2) is 58.3 Å². The minimum atomic E-state index is -0.180. The molecule has 1 amide bonds. The molecule has 5 rings (SSSR count). The van der Waals surface area contributed by atoms with Crippen LogP contribution >= 0.6 is 11.3 Å². The van der Waals surface area contributed by atoms with Crippen molar-refractivity contribution in [2.75, 3.05) is 30.6 Å². The average Bonchev–Trinajstić information content (AvgIpc) is 3.21. The molecule has 8 heteroatoms. The van der Waals surface area contributed by atoms with Crippen molar-refractivity contribution in [2.24, 2.45) is 4.99 Å². The van der Waals surface area contributed by atoms with Crippen LogP contribution in [0.5, 0.6) is 5.75 Å². The summed E-state index contributed by atoms with van der Waals surface area (Å²) in [5, 5.41) is 0. The van der Waals surface area contributed by atoms with Crippen LogP contribution < -0.4 is 29.4 Å². The van der Waals surface area contributed by atoms with E-state index in [2.05, 4.69) is 4.99 Å². The molecular weight excluding hydrogens is 388 g/mol. The molecule has 0 aliphatic carbocycles. The van der Waals surface area contributed by atoms with Crippen LogP contribution in [0.25, 0.3) is 5.57 Å². The first-order valence-corrected chi connectivity index (χ1v) is 9.95. The van der Waals surface area contributed by atoms with E-state index in [0.29, 0.717) is 28.2 Å². The summed E-state index contributed by atoms with van der Waals surface area (Å²) in [5.41, 5.74) is 2.85. The maximum atomic E-state index is 13.2. The number of hydrogen-bond donors (Lipinski definition) is 0. The van der Waals surface area contributed by atoms with Crippen molar-refractivity contribution in [3.63, 3.8) is 0 Å². The van der Waals surface area contributed by atoms with E-state index < -0.39 is 0 Å². The molecule has 0 bridgehead atoms. The van der Waals surface area contributed by atoms with E-state index >= 15 is 0 Å². The Balaban J connectivity index is 1.61. The van der Waals surface area contributed by atoms with Crippen molar-refractivity contribution in [1.82, 2.24) is 4.57 Å². The molecule has 3 heterocycles. The standard InChI is InChI=1S/C21H18N4O3S/c1-23-16-6-4-3-5-15(16)17(19(23)26)18-20(27)25-12-24(11-22-21(25)29-18)13-7-9-14(28-2)10-8-13/h3-10H,11-12H2,1-2H3/b18-17-. The third-order valence-electron chi connectivity index (χ3n) is 5.27. The maximum Gasteiger partial charge on any atom is 0.272 e. The van der Waals surface area contributed by atoms with Gasteiger partial charge in [0.1, 0.15) is 23.6 Å². The largest absolute Gasteiger partial charge is 0.497 e. The molecule has 0 spiro atoms. The monoisotopic (exact) mass is 406 g/mol. The van der Waals surface area contributed by atoms with Gasteiger partial charge in [-0.3, -0.25) is 14.2 Å². The fraction of sp³-hybridized carbons (Fsp3) is 0.190. The average molecular weight is 406 g/mol. The van der Waals surface area contributed by atoms with Crippen LogP contribution in [0.2, 0.25) is 0 Å². The summed E-state index contributed by atoms with van der Waals surface area (Å²) < 4.78 is 7.29. The molecule has 3 aromatic rings. The zero-order valence-electron chi connectivity index (χ0n) is 16.0. The van der Waals surface area contributed by atoms with Crippen molar-refractivity contribution >= 4 is 34.2 Å². The second-order valence-electron chi connectivity index (χ2n) is 6.88. The zero-order valence-corrected chi connectivity index (χ0v) is 16.8. The van der Waals surface area contributed by atoms with Gasteiger partial charge in [0.15, 0.2) is 4.80 Å². The van der Waals surface area contributed by atoms with E-state index in [1.165, 1.54) is 11.3 Å². The summed E-state index contributed by atoms with van der Waals surface area (Å²) in [5.74, 6) is 0.617. The summed E-state index contributed by atoms with van der Waals surface area (Å²) >= 11 is 1.28. The van der Waals surface area contributed by atoms with Crippen molar-refractivity contribution < 1.29 is 9.53 Å². The van der Waals surface area contributed by atoms with Gasteiger partial charge in [0.25, 0.3) is 11.5 Å². The van der Waals surface area contributed by atoms with E-state index in [9.17, 15) is 9.59 Å². The first-order chi connectivity index (χ1) is 14.1. The number of anilines is 2. The van der Waals surface area contributed by atoms with Gasteiger partial charge in [0.05, 0.1) is 18.4 Å². The Bertz CT molecular complexity index is 1310. The number of ether oxygens (including phenoxy) is 1. The van der Waals surface area contributed by atoms with Gasteiger partial charge in [-0.15, -0.1) is 0 Å². The number of methoxy groups -OCH3 is 1. The number of fused-ring (bicyclic) bond motifs is 2. The number of amides is 1. The molecule has 0 saturated heterocycles. The number of thiazole rings is 1. The summed E-state index contributed by atoms with van der Waals surface area (Å²) in [4.78, 5) is 34.9. The van der Waals surface area contributed by atoms with Crippen LogP contribution in [0.1, 0.15) is 5.56 Å². The molecule has 7 nitrogen and oxygen atoms in total. The van der Waals surface area contributed by atoms with Crippen molar-refractivity contribution in [2.45, 2.75) is 6.67 Å². The molecule has 1 aromatic heterocycles. The van der Waals surface area contributed by atoms with E-state index in [4.69, 9.17) is 4.74 Å². The SMILES string of the molecule is COc1ccc(N2CN=c3s/c(=C4\C(=O)N(C)c5ccccc54)c(=O)n3C2)cc1. The maximum absolute atomic E-state index is 13.2. The molecule has 0 radical (unpaired) electrons. The summed E-state index contributed by atoms with van der Waals surface area (Å²) in [6.07, 6.45) is 0. The minimum Gasteiger partial charge on any atom is -0.497 e. The lowest BCUT2D eigenvalue weighted by Gasteiger charge is -2.25. The lowest BCUT2D eigenvalue weighted by Crippen LogP contribution is -2.43. The van der Waals surface area contributed by atoms with E-state index in [1.54, 1.807) is 23.6 Å². The fourth-order valence-corrected chi connectivity index (χ4v) is 4.76. The first-order valence-electron chi connectivity index (χ1n) is 9.13. The number of para-hydroxylation sites is 1. The Morgan fingerprint density at radius 3 is 2.59 bits per heavy atom. The van der Waals surface area contributed by atoms with E-state index in [-0.39, 0.29) is 11.5 Å². The normalized spacial score (nSPS) is 17.1. The number of carbonyl (C=O) groups is 1. The third kappa shape index (κ3) is 2.67. The third-order valence-corrected chi connectivity index (χ3v) is 6.39. The number of nitrogens with zero attached hydrogens (tertiary/aromatic N) is 4. The molecule has 2 aromatic carbocycles. The van der Waals surface area contributed by atoms with Gasteiger partial charge in [0.2, 0.25) is 0 Å². The van der Waals surface area contributed by atoms with Crippen LogP contribution in [-0.4, -0.2) is 31.3 Å². The summed E-state index contributed by atoms with van der Waals surface area (Å²) in [7, 11) is 3.36. The molecule has 0 atom stereocenters. The lowest BCUT2D eigenvalue weighted by molar-refractivity contribution is -0.112. The highest BCUT2D eigenvalue weighted by atomic mass is 32.1.